The molecule has 1 heteroatoms. The van der Waals surface area contributed by atoms with Gasteiger partial charge in [-0.1, -0.05) is 36.4 Å². The van der Waals surface area contributed by atoms with Gasteiger partial charge in [-0.05, 0) is 18.1 Å². The van der Waals surface area contributed by atoms with Crippen LogP contribution < -0.4 is 0 Å². The predicted octanol–water partition coefficient (Wildman–Crippen LogP) is 2.52. The first-order chi connectivity index (χ1) is 5.88. The van der Waals surface area contributed by atoms with Crippen LogP contribution in [0.3, 0.4) is 0 Å². The van der Waals surface area contributed by atoms with Crippen molar-refractivity contribution in [2.75, 3.05) is 0 Å². The van der Waals surface area contributed by atoms with Crippen molar-refractivity contribution in [1.29, 1.82) is 0 Å². The fraction of sp³-hybridized carbons (Fsp3) is 0.0909. The zero-order valence-electron chi connectivity index (χ0n) is 6.70. The van der Waals surface area contributed by atoms with Crippen LogP contribution in [0.1, 0.15) is 11.1 Å². The lowest BCUT2D eigenvalue weighted by molar-refractivity contribution is 0.469. The molecule has 0 aliphatic heterocycles. The van der Waals surface area contributed by atoms with E-state index in [1.165, 1.54) is 0 Å². The Morgan fingerprint density at radius 2 is 2.08 bits per heavy atom. The van der Waals surface area contributed by atoms with Gasteiger partial charge in [-0.15, -0.1) is 0 Å². The van der Waals surface area contributed by atoms with Crippen LogP contribution in [0.25, 0.3) is 6.08 Å². The molecule has 0 spiro atoms. The molecule has 1 nitrogen and oxygen atoms in total. The Morgan fingerprint density at radius 1 is 1.17 bits per heavy atom. The summed E-state index contributed by atoms with van der Waals surface area (Å²) in [6.45, 7) is 0. The van der Waals surface area contributed by atoms with Gasteiger partial charge in [-0.3, -0.25) is 0 Å². The Hall–Kier alpha value is -1.50. The average molecular weight is 158 g/mol. The fourth-order valence-corrected chi connectivity index (χ4v) is 1.39. The molecule has 1 aliphatic rings. The van der Waals surface area contributed by atoms with Gasteiger partial charge in [0.1, 0.15) is 5.75 Å². The maximum absolute atomic E-state index is 9.51. The van der Waals surface area contributed by atoms with Crippen LogP contribution in [0, 0.1) is 0 Å². The van der Waals surface area contributed by atoms with Gasteiger partial charge in [0.2, 0.25) is 0 Å². The minimum atomic E-state index is 0.392. The number of aromatic hydroxyl groups is 1. The maximum atomic E-state index is 9.51. The van der Waals surface area contributed by atoms with Crippen molar-refractivity contribution in [1.82, 2.24) is 0 Å². The van der Waals surface area contributed by atoms with E-state index < -0.39 is 0 Å². The molecule has 1 aromatic carbocycles. The Bertz CT molecular complexity index is 348. The Kier molecular flexibility index (Phi) is 1.71. The van der Waals surface area contributed by atoms with Crippen molar-refractivity contribution < 1.29 is 5.11 Å². The highest BCUT2D eigenvalue weighted by molar-refractivity contribution is 5.60. The molecule has 0 saturated carbocycles. The van der Waals surface area contributed by atoms with Crippen molar-refractivity contribution in [3.05, 3.63) is 47.6 Å². The first kappa shape index (κ1) is 7.17. The van der Waals surface area contributed by atoms with Gasteiger partial charge in [0.25, 0.3) is 0 Å². The summed E-state index contributed by atoms with van der Waals surface area (Å²) in [6, 6.07) is 5.61. The number of fused-ring (bicyclic) bond motifs is 1. The zero-order chi connectivity index (χ0) is 8.39. The molecule has 0 saturated heterocycles. The van der Waals surface area contributed by atoms with Crippen LogP contribution in [0.4, 0.5) is 0 Å². The molecule has 12 heavy (non-hydrogen) atoms. The van der Waals surface area contributed by atoms with E-state index >= 15 is 0 Å². The van der Waals surface area contributed by atoms with Gasteiger partial charge in [0.05, 0.1) is 0 Å². The van der Waals surface area contributed by atoms with E-state index in [1.807, 2.05) is 36.4 Å². The number of allylic oxidation sites excluding steroid dienone is 3. The third kappa shape index (κ3) is 1.14. The van der Waals surface area contributed by atoms with E-state index in [0.29, 0.717) is 5.75 Å². The van der Waals surface area contributed by atoms with Crippen LogP contribution in [0.2, 0.25) is 0 Å². The van der Waals surface area contributed by atoms with E-state index in [0.717, 1.165) is 17.5 Å². The van der Waals surface area contributed by atoms with Crippen molar-refractivity contribution in [3.8, 4) is 5.75 Å². The summed E-state index contributed by atoms with van der Waals surface area (Å²) in [5, 5.41) is 9.51. The molecule has 1 aliphatic carbocycles. The van der Waals surface area contributed by atoms with Gasteiger partial charge >= 0.3 is 0 Å². The molecule has 0 bridgehead atoms. The Morgan fingerprint density at radius 3 is 3.00 bits per heavy atom. The predicted molar refractivity (Wildman–Crippen MR) is 50.0 cm³/mol. The Labute approximate surface area is 71.7 Å². The smallest absolute Gasteiger partial charge is 0.119 e. The number of phenols is 1. The van der Waals surface area contributed by atoms with E-state index in [9.17, 15) is 5.11 Å². The van der Waals surface area contributed by atoms with Gasteiger partial charge in [-0.25, -0.2) is 0 Å². The molecule has 2 rings (SSSR count). The molecule has 1 aromatic rings. The molecule has 60 valence electrons. The second-order valence-corrected chi connectivity index (χ2v) is 2.84. The first-order valence-corrected chi connectivity index (χ1v) is 4.02. The standard InChI is InChI=1S/C11H10O/c12-11-8-4-6-9-5-2-1-3-7-10(9)11/h1-6,8,12H,7H2. The second-order valence-electron chi connectivity index (χ2n) is 2.84. The molecule has 0 atom stereocenters. The summed E-state index contributed by atoms with van der Waals surface area (Å²) in [5.41, 5.74) is 2.13. The van der Waals surface area contributed by atoms with Gasteiger partial charge < -0.3 is 5.11 Å². The topological polar surface area (TPSA) is 20.2 Å². The highest BCUT2D eigenvalue weighted by atomic mass is 16.3. The third-order valence-electron chi connectivity index (χ3n) is 2.03. The molecular weight excluding hydrogens is 148 g/mol. The van der Waals surface area contributed by atoms with Gasteiger partial charge in [-0.2, -0.15) is 0 Å². The van der Waals surface area contributed by atoms with E-state index in [2.05, 4.69) is 0 Å². The fourth-order valence-electron chi connectivity index (χ4n) is 1.39. The van der Waals surface area contributed by atoms with E-state index in [4.69, 9.17) is 0 Å². The second kappa shape index (κ2) is 2.86. The van der Waals surface area contributed by atoms with Gasteiger partial charge in [0.15, 0.2) is 0 Å². The summed E-state index contributed by atoms with van der Waals surface area (Å²) in [7, 11) is 0. The van der Waals surface area contributed by atoms with Crippen molar-refractivity contribution in [3.63, 3.8) is 0 Å². The molecular formula is C11H10O. The van der Waals surface area contributed by atoms with Crippen molar-refractivity contribution in [2.45, 2.75) is 6.42 Å². The summed E-state index contributed by atoms with van der Waals surface area (Å²) in [5.74, 6) is 0.392. The molecule has 0 amide bonds. The number of rotatable bonds is 0. The number of hydrogen-bond acceptors (Lipinski definition) is 1. The highest BCUT2D eigenvalue weighted by Crippen LogP contribution is 2.24. The van der Waals surface area contributed by atoms with Crippen LogP contribution in [-0.4, -0.2) is 5.11 Å². The summed E-state index contributed by atoms with van der Waals surface area (Å²) in [4.78, 5) is 0. The number of hydrogen-bond donors (Lipinski definition) is 1. The van der Waals surface area contributed by atoms with Crippen molar-refractivity contribution >= 4 is 6.08 Å². The monoisotopic (exact) mass is 158 g/mol. The van der Waals surface area contributed by atoms with Gasteiger partial charge in [0, 0.05) is 5.56 Å². The minimum absolute atomic E-state index is 0.392. The van der Waals surface area contributed by atoms with Crippen molar-refractivity contribution in [2.24, 2.45) is 0 Å². The minimum Gasteiger partial charge on any atom is -0.508 e. The molecule has 0 radical (unpaired) electrons. The van der Waals surface area contributed by atoms with Crippen LogP contribution in [0.15, 0.2) is 36.4 Å². The third-order valence-corrected chi connectivity index (χ3v) is 2.03. The lowest BCUT2D eigenvalue weighted by Crippen LogP contribution is -1.85. The molecule has 0 heterocycles. The molecule has 0 aromatic heterocycles. The molecule has 1 N–H and O–H groups in total. The lowest BCUT2D eigenvalue weighted by Gasteiger charge is -2.04. The highest BCUT2D eigenvalue weighted by Gasteiger charge is 2.04. The summed E-state index contributed by atoms with van der Waals surface area (Å²) in [6.07, 6.45) is 8.86. The van der Waals surface area contributed by atoms with Crippen LogP contribution in [-0.2, 0) is 6.42 Å². The zero-order valence-corrected chi connectivity index (χ0v) is 6.70. The average Bonchev–Trinajstić information content (AvgIpc) is 2.30. The SMILES string of the molecule is Oc1cccc2c1CC=CC=C2. The quantitative estimate of drug-likeness (QED) is 0.615. The van der Waals surface area contributed by atoms with E-state index in [1.54, 1.807) is 6.07 Å². The first-order valence-electron chi connectivity index (χ1n) is 4.02. The largest absolute Gasteiger partial charge is 0.508 e. The Balaban J connectivity index is 2.59. The van der Waals surface area contributed by atoms with E-state index in [-0.39, 0.29) is 0 Å². The normalized spacial score (nSPS) is 14.0. The number of phenolic OH excluding ortho intramolecular Hbond substituents is 1. The molecule has 0 unspecified atom stereocenters. The summed E-state index contributed by atoms with van der Waals surface area (Å²) < 4.78 is 0. The van der Waals surface area contributed by atoms with Crippen LogP contribution in [0.5, 0.6) is 5.75 Å². The lowest BCUT2D eigenvalue weighted by atomic mass is 10.0. The number of benzene rings is 1. The van der Waals surface area contributed by atoms with Crippen LogP contribution >= 0.6 is 0 Å². The molecule has 0 fully saturated rings. The maximum Gasteiger partial charge on any atom is 0.119 e. The summed E-state index contributed by atoms with van der Waals surface area (Å²) >= 11 is 0.